The Bertz CT molecular complexity index is 647. The molecule has 1 saturated heterocycles. The monoisotopic (exact) mass is 385 g/mol. The Labute approximate surface area is 169 Å². The predicted molar refractivity (Wildman–Crippen MR) is 113 cm³/mol. The molecular weight excluding hydrogens is 350 g/mol. The van der Waals surface area contributed by atoms with Gasteiger partial charge in [-0.05, 0) is 56.1 Å². The number of nitrogens with one attached hydrogen (secondary N) is 2. The van der Waals surface area contributed by atoms with Crippen molar-refractivity contribution in [3.05, 3.63) is 29.8 Å². The lowest BCUT2D eigenvalue weighted by Gasteiger charge is -2.32. The topological polar surface area (TPSA) is 61.4 Å². The van der Waals surface area contributed by atoms with Crippen molar-refractivity contribution in [1.29, 1.82) is 0 Å². The van der Waals surface area contributed by atoms with E-state index in [1.54, 1.807) is 0 Å². The Morgan fingerprint density at radius 1 is 1.00 bits per heavy atom. The van der Waals surface area contributed by atoms with Crippen LogP contribution in [-0.2, 0) is 4.79 Å². The van der Waals surface area contributed by atoms with E-state index in [2.05, 4.69) is 10.6 Å². The van der Waals surface area contributed by atoms with Gasteiger partial charge in [0.25, 0.3) is 0 Å². The van der Waals surface area contributed by atoms with Gasteiger partial charge in [0.2, 0.25) is 5.91 Å². The minimum Gasteiger partial charge on any atom is -0.356 e. The van der Waals surface area contributed by atoms with Crippen molar-refractivity contribution < 1.29 is 9.59 Å². The van der Waals surface area contributed by atoms with Crippen LogP contribution in [0.3, 0.4) is 0 Å². The standard InChI is InChI=1S/C23H35N3O2/c1-18-6-2-5-9-21(18)25-23(28)26-16-13-20(14-17-26)12-15-24-22(27)11-10-19-7-3-4-8-19/h2,5-6,9,19-20H,3-4,7-8,10-17H2,1H3,(H,24,27)(H,25,28). The number of carbonyl (C=O) groups excluding carboxylic acids is 2. The van der Waals surface area contributed by atoms with Crippen LogP contribution >= 0.6 is 0 Å². The number of anilines is 1. The maximum atomic E-state index is 12.5. The highest BCUT2D eigenvalue weighted by molar-refractivity contribution is 5.90. The first kappa shape index (κ1) is 20.7. The van der Waals surface area contributed by atoms with E-state index in [4.69, 9.17) is 0 Å². The average molecular weight is 386 g/mol. The van der Waals surface area contributed by atoms with Gasteiger partial charge in [0.1, 0.15) is 0 Å². The number of likely N-dealkylation sites (tertiary alicyclic amines) is 1. The van der Waals surface area contributed by atoms with E-state index in [-0.39, 0.29) is 11.9 Å². The molecule has 0 radical (unpaired) electrons. The van der Waals surface area contributed by atoms with Gasteiger partial charge >= 0.3 is 6.03 Å². The van der Waals surface area contributed by atoms with Gasteiger partial charge in [-0.25, -0.2) is 4.79 Å². The summed E-state index contributed by atoms with van der Waals surface area (Å²) in [6.45, 7) is 4.35. The van der Waals surface area contributed by atoms with E-state index in [0.29, 0.717) is 12.3 Å². The highest BCUT2D eigenvalue weighted by atomic mass is 16.2. The summed E-state index contributed by atoms with van der Waals surface area (Å²) in [4.78, 5) is 26.4. The van der Waals surface area contributed by atoms with E-state index in [0.717, 1.165) is 62.5 Å². The van der Waals surface area contributed by atoms with E-state index in [1.807, 2.05) is 36.1 Å². The second-order valence-corrected chi connectivity index (χ2v) is 8.50. The van der Waals surface area contributed by atoms with Gasteiger partial charge in [-0.3, -0.25) is 4.79 Å². The third-order valence-corrected chi connectivity index (χ3v) is 6.42. The van der Waals surface area contributed by atoms with Crippen LogP contribution in [0.5, 0.6) is 0 Å². The zero-order valence-corrected chi connectivity index (χ0v) is 17.2. The number of hydrogen-bond acceptors (Lipinski definition) is 2. The molecule has 0 bridgehead atoms. The molecule has 2 N–H and O–H groups in total. The predicted octanol–water partition coefficient (Wildman–Crippen LogP) is 4.72. The molecule has 1 aliphatic heterocycles. The zero-order chi connectivity index (χ0) is 19.8. The van der Waals surface area contributed by atoms with Gasteiger partial charge in [0.15, 0.2) is 0 Å². The zero-order valence-electron chi connectivity index (χ0n) is 17.2. The molecule has 0 unspecified atom stereocenters. The summed E-state index contributed by atoms with van der Waals surface area (Å²) in [6, 6.07) is 7.85. The number of piperidine rings is 1. The smallest absolute Gasteiger partial charge is 0.321 e. The number of urea groups is 1. The van der Waals surface area contributed by atoms with Gasteiger partial charge < -0.3 is 15.5 Å². The molecule has 2 fully saturated rings. The quantitative estimate of drug-likeness (QED) is 0.714. The van der Waals surface area contributed by atoms with Crippen molar-refractivity contribution in [3.8, 4) is 0 Å². The third-order valence-electron chi connectivity index (χ3n) is 6.42. The molecule has 5 nitrogen and oxygen atoms in total. The van der Waals surface area contributed by atoms with Gasteiger partial charge in [-0.1, -0.05) is 43.9 Å². The molecule has 1 heterocycles. The van der Waals surface area contributed by atoms with E-state index in [1.165, 1.54) is 25.7 Å². The molecule has 1 aliphatic carbocycles. The van der Waals surface area contributed by atoms with Gasteiger partial charge in [-0.2, -0.15) is 0 Å². The maximum Gasteiger partial charge on any atom is 0.321 e. The number of benzene rings is 1. The fourth-order valence-electron chi connectivity index (χ4n) is 4.47. The summed E-state index contributed by atoms with van der Waals surface area (Å²) in [5, 5.41) is 6.11. The van der Waals surface area contributed by atoms with Crippen molar-refractivity contribution >= 4 is 17.6 Å². The molecule has 2 aliphatic rings. The lowest BCUT2D eigenvalue weighted by Crippen LogP contribution is -2.41. The summed E-state index contributed by atoms with van der Waals surface area (Å²) in [5.74, 6) is 1.58. The largest absolute Gasteiger partial charge is 0.356 e. The van der Waals surface area contributed by atoms with Crippen LogP contribution in [-0.4, -0.2) is 36.5 Å². The van der Waals surface area contributed by atoms with Crippen molar-refractivity contribution in [2.24, 2.45) is 11.8 Å². The van der Waals surface area contributed by atoms with Crippen molar-refractivity contribution in [2.75, 3.05) is 25.0 Å². The van der Waals surface area contributed by atoms with Gasteiger partial charge in [0.05, 0.1) is 0 Å². The third kappa shape index (κ3) is 6.25. The second kappa shape index (κ2) is 10.5. The summed E-state index contributed by atoms with van der Waals surface area (Å²) < 4.78 is 0. The molecule has 0 aromatic heterocycles. The minimum absolute atomic E-state index is 0.00651. The summed E-state index contributed by atoms with van der Waals surface area (Å²) >= 11 is 0. The molecule has 3 amide bonds. The number of aryl methyl sites for hydroxylation is 1. The number of para-hydroxylation sites is 1. The minimum atomic E-state index is -0.00651. The highest BCUT2D eigenvalue weighted by Gasteiger charge is 2.23. The number of rotatable bonds is 7. The summed E-state index contributed by atoms with van der Waals surface area (Å²) in [6.07, 6.45) is 10.1. The normalized spacial score (nSPS) is 18.2. The molecule has 28 heavy (non-hydrogen) atoms. The Morgan fingerprint density at radius 2 is 1.68 bits per heavy atom. The van der Waals surface area contributed by atoms with Crippen LogP contribution in [0.4, 0.5) is 10.5 Å². The van der Waals surface area contributed by atoms with Crippen molar-refractivity contribution in [3.63, 3.8) is 0 Å². The van der Waals surface area contributed by atoms with Crippen LogP contribution in [0.25, 0.3) is 0 Å². The van der Waals surface area contributed by atoms with Crippen LogP contribution in [0.15, 0.2) is 24.3 Å². The summed E-state index contributed by atoms with van der Waals surface area (Å²) in [7, 11) is 0. The van der Waals surface area contributed by atoms with Crippen LogP contribution in [0, 0.1) is 18.8 Å². The van der Waals surface area contributed by atoms with E-state index < -0.39 is 0 Å². The molecule has 1 saturated carbocycles. The maximum absolute atomic E-state index is 12.5. The van der Waals surface area contributed by atoms with E-state index >= 15 is 0 Å². The fraction of sp³-hybridized carbons (Fsp3) is 0.652. The molecule has 0 spiro atoms. The fourth-order valence-corrected chi connectivity index (χ4v) is 4.47. The Morgan fingerprint density at radius 3 is 2.39 bits per heavy atom. The van der Waals surface area contributed by atoms with Crippen LogP contribution in [0.2, 0.25) is 0 Å². The lowest BCUT2D eigenvalue weighted by molar-refractivity contribution is -0.121. The SMILES string of the molecule is Cc1ccccc1NC(=O)N1CCC(CCNC(=O)CCC2CCCC2)CC1. The molecule has 1 aromatic rings. The Balaban J connectivity index is 1.29. The molecule has 1 aromatic carbocycles. The highest BCUT2D eigenvalue weighted by Crippen LogP contribution is 2.28. The molecular formula is C23H35N3O2. The second-order valence-electron chi connectivity index (χ2n) is 8.50. The van der Waals surface area contributed by atoms with Crippen LogP contribution < -0.4 is 10.6 Å². The number of amides is 3. The van der Waals surface area contributed by atoms with Crippen molar-refractivity contribution in [2.45, 2.75) is 64.7 Å². The summed E-state index contributed by atoms with van der Waals surface area (Å²) in [5.41, 5.74) is 1.96. The molecule has 0 atom stereocenters. The Kier molecular flexibility index (Phi) is 7.75. The lowest BCUT2D eigenvalue weighted by atomic mass is 9.93. The number of carbonyl (C=O) groups is 2. The van der Waals surface area contributed by atoms with E-state index in [9.17, 15) is 9.59 Å². The first-order valence-electron chi connectivity index (χ1n) is 11.0. The molecule has 154 valence electrons. The first-order chi connectivity index (χ1) is 13.6. The average Bonchev–Trinajstić information content (AvgIpc) is 3.22. The van der Waals surface area contributed by atoms with Gasteiger partial charge in [-0.15, -0.1) is 0 Å². The van der Waals surface area contributed by atoms with Crippen molar-refractivity contribution in [1.82, 2.24) is 10.2 Å². The van der Waals surface area contributed by atoms with Crippen LogP contribution in [0.1, 0.15) is 63.4 Å². The molecule has 5 heteroatoms. The molecule has 3 rings (SSSR count). The number of nitrogens with zero attached hydrogens (tertiary/aromatic N) is 1. The first-order valence-corrected chi connectivity index (χ1v) is 11.0. The van der Waals surface area contributed by atoms with Gasteiger partial charge in [0, 0.05) is 31.7 Å². The Hall–Kier alpha value is -2.04. The number of hydrogen-bond donors (Lipinski definition) is 2.